The molecule has 2 aliphatic rings. The van der Waals surface area contributed by atoms with Crippen molar-refractivity contribution in [3.05, 3.63) is 106 Å². The molecule has 1 aromatic heterocycles. The van der Waals surface area contributed by atoms with Crippen LogP contribution in [0.1, 0.15) is 5.56 Å². The molecule has 8 heteroatoms. The number of anilines is 2. The van der Waals surface area contributed by atoms with Gasteiger partial charge in [0.05, 0.1) is 22.1 Å². The van der Waals surface area contributed by atoms with Gasteiger partial charge in [0.15, 0.2) is 0 Å². The molecule has 2 aliphatic heterocycles. The third-order valence-electron chi connectivity index (χ3n) is 6.08. The number of carbonyl (C=O) groups excluding carboxylic acids is 2. The molecule has 1 saturated heterocycles. The lowest BCUT2D eigenvalue weighted by molar-refractivity contribution is -0.121. The number of halogens is 1. The van der Waals surface area contributed by atoms with Crippen LogP contribution in [0.5, 0.6) is 0 Å². The standard InChI is InChI=1S/C26H16ClN3O4/c27-18-12-7-13-19-21(18)17(14-20(31)34-19)23-22-24(30(28-23)16-10-5-2-6-11-16)26(33)29(25(22)32)15-8-3-1-4-9-15/h1-14,22,24H/t22-,24+/m0/s1. The van der Waals surface area contributed by atoms with E-state index in [0.29, 0.717) is 33.1 Å². The number of hydrogen-bond donors (Lipinski definition) is 0. The Morgan fingerprint density at radius 3 is 2.18 bits per heavy atom. The predicted octanol–water partition coefficient (Wildman–Crippen LogP) is 4.23. The number of imide groups is 1. The molecule has 2 atom stereocenters. The third-order valence-corrected chi connectivity index (χ3v) is 6.39. The van der Waals surface area contributed by atoms with Crippen LogP contribution in [0.15, 0.2) is 99.2 Å². The summed E-state index contributed by atoms with van der Waals surface area (Å²) in [5, 5.41) is 7.09. The van der Waals surface area contributed by atoms with E-state index < -0.39 is 23.5 Å². The minimum Gasteiger partial charge on any atom is -0.423 e. The molecule has 166 valence electrons. The first-order chi connectivity index (χ1) is 16.5. The van der Waals surface area contributed by atoms with Crippen LogP contribution in [0.4, 0.5) is 11.4 Å². The highest BCUT2D eigenvalue weighted by molar-refractivity contribution is 6.39. The Morgan fingerprint density at radius 1 is 0.794 bits per heavy atom. The van der Waals surface area contributed by atoms with E-state index in [4.69, 9.17) is 21.1 Å². The highest BCUT2D eigenvalue weighted by atomic mass is 35.5. The zero-order chi connectivity index (χ0) is 23.4. The predicted molar refractivity (Wildman–Crippen MR) is 129 cm³/mol. The fourth-order valence-electron chi connectivity index (χ4n) is 4.64. The van der Waals surface area contributed by atoms with Crippen molar-refractivity contribution in [2.45, 2.75) is 6.04 Å². The van der Waals surface area contributed by atoms with Gasteiger partial charge < -0.3 is 4.42 Å². The second-order valence-electron chi connectivity index (χ2n) is 8.03. The van der Waals surface area contributed by atoms with Crippen molar-refractivity contribution in [1.29, 1.82) is 0 Å². The second-order valence-corrected chi connectivity index (χ2v) is 8.43. The van der Waals surface area contributed by atoms with Crippen LogP contribution in [-0.2, 0) is 9.59 Å². The van der Waals surface area contributed by atoms with Gasteiger partial charge in [0.1, 0.15) is 17.5 Å². The van der Waals surface area contributed by atoms with Gasteiger partial charge in [-0.1, -0.05) is 54.1 Å². The topological polar surface area (TPSA) is 83.2 Å². The van der Waals surface area contributed by atoms with Gasteiger partial charge in [-0.25, -0.2) is 9.69 Å². The van der Waals surface area contributed by atoms with E-state index in [2.05, 4.69) is 0 Å². The van der Waals surface area contributed by atoms with Crippen LogP contribution in [0.2, 0.25) is 5.02 Å². The lowest BCUT2D eigenvalue weighted by Crippen LogP contribution is -2.39. The minimum atomic E-state index is -0.922. The number of hydrogen-bond acceptors (Lipinski definition) is 6. The summed E-state index contributed by atoms with van der Waals surface area (Å²) in [6.07, 6.45) is 0. The van der Waals surface area contributed by atoms with Crippen molar-refractivity contribution in [3.8, 4) is 0 Å². The van der Waals surface area contributed by atoms with Crippen molar-refractivity contribution in [2.24, 2.45) is 11.0 Å². The monoisotopic (exact) mass is 469 g/mol. The number of amides is 2. The second kappa shape index (κ2) is 7.67. The number of hydrazone groups is 1. The Hall–Kier alpha value is -4.23. The molecule has 34 heavy (non-hydrogen) atoms. The molecule has 0 bridgehead atoms. The smallest absolute Gasteiger partial charge is 0.336 e. The van der Waals surface area contributed by atoms with Crippen LogP contribution in [0.25, 0.3) is 11.0 Å². The maximum atomic E-state index is 13.7. The van der Waals surface area contributed by atoms with Crippen molar-refractivity contribution >= 4 is 51.5 Å². The Kier molecular flexibility index (Phi) is 4.60. The summed E-state index contributed by atoms with van der Waals surface area (Å²) in [6.45, 7) is 0. The fourth-order valence-corrected chi connectivity index (χ4v) is 4.91. The van der Waals surface area contributed by atoms with Crippen LogP contribution in [0.3, 0.4) is 0 Å². The first-order valence-electron chi connectivity index (χ1n) is 10.6. The summed E-state index contributed by atoms with van der Waals surface area (Å²) < 4.78 is 5.33. The maximum absolute atomic E-state index is 13.7. The van der Waals surface area contributed by atoms with Gasteiger partial charge in [-0.2, -0.15) is 5.10 Å². The van der Waals surface area contributed by atoms with E-state index in [-0.39, 0.29) is 11.5 Å². The van der Waals surface area contributed by atoms with Gasteiger partial charge in [-0.15, -0.1) is 0 Å². The van der Waals surface area contributed by atoms with Crippen LogP contribution in [-0.4, -0.2) is 23.6 Å². The van der Waals surface area contributed by atoms with E-state index in [1.807, 2.05) is 36.4 Å². The van der Waals surface area contributed by atoms with E-state index in [0.717, 1.165) is 0 Å². The molecule has 0 saturated carbocycles. The number of para-hydroxylation sites is 2. The summed E-state index contributed by atoms with van der Waals surface area (Å²) >= 11 is 6.49. The number of nitrogens with zero attached hydrogens (tertiary/aromatic N) is 3. The van der Waals surface area contributed by atoms with Crippen molar-refractivity contribution in [2.75, 3.05) is 9.91 Å². The highest BCUT2D eigenvalue weighted by Crippen LogP contribution is 2.40. The zero-order valence-electron chi connectivity index (χ0n) is 17.6. The van der Waals surface area contributed by atoms with E-state index in [1.54, 1.807) is 47.5 Å². The molecule has 3 aromatic carbocycles. The molecule has 6 rings (SSSR count). The number of benzene rings is 3. The van der Waals surface area contributed by atoms with Gasteiger partial charge in [0.25, 0.3) is 5.91 Å². The summed E-state index contributed by atoms with van der Waals surface area (Å²) in [6, 6.07) is 23.3. The van der Waals surface area contributed by atoms with Crippen LogP contribution in [0, 0.1) is 5.92 Å². The normalized spacial score (nSPS) is 19.6. The Bertz CT molecular complexity index is 1550. The largest absolute Gasteiger partial charge is 0.423 e. The number of rotatable bonds is 3. The Morgan fingerprint density at radius 2 is 1.47 bits per heavy atom. The molecule has 0 unspecified atom stereocenters. The number of carbonyl (C=O) groups is 2. The average Bonchev–Trinajstić information content (AvgIpc) is 3.36. The van der Waals surface area contributed by atoms with Gasteiger partial charge in [-0.05, 0) is 36.4 Å². The highest BCUT2D eigenvalue weighted by Gasteiger charge is 2.57. The van der Waals surface area contributed by atoms with Crippen molar-refractivity contribution < 1.29 is 14.0 Å². The summed E-state index contributed by atoms with van der Waals surface area (Å²) in [5.41, 5.74) is 1.50. The molecule has 2 amide bonds. The van der Waals surface area contributed by atoms with Gasteiger partial charge in [-0.3, -0.25) is 14.6 Å². The molecule has 4 aromatic rings. The Labute approximate surface area is 198 Å². The molecular formula is C26H16ClN3O4. The van der Waals surface area contributed by atoms with Gasteiger partial charge in [0, 0.05) is 17.0 Å². The Balaban J connectivity index is 1.59. The molecule has 0 N–H and O–H groups in total. The molecule has 0 aliphatic carbocycles. The molecule has 0 radical (unpaired) electrons. The van der Waals surface area contributed by atoms with Crippen molar-refractivity contribution in [1.82, 2.24) is 0 Å². The van der Waals surface area contributed by atoms with Crippen LogP contribution < -0.4 is 15.5 Å². The molecule has 3 heterocycles. The van der Waals surface area contributed by atoms with Gasteiger partial charge in [0.2, 0.25) is 5.91 Å². The lowest BCUT2D eigenvalue weighted by atomic mass is 9.91. The summed E-state index contributed by atoms with van der Waals surface area (Å²) in [7, 11) is 0. The zero-order valence-corrected chi connectivity index (χ0v) is 18.3. The van der Waals surface area contributed by atoms with Crippen LogP contribution >= 0.6 is 11.6 Å². The van der Waals surface area contributed by atoms with E-state index in [9.17, 15) is 14.4 Å². The quantitative estimate of drug-likeness (QED) is 0.331. The third kappa shape index (κ3) is 2.98. The SMILES string of the molecule is O=C1[C@H]2C(c3cc(=O)oc4cccc(Cl)c34)=NN(c3ccccc3)[C@H]2C(=O)N1c1ccccc1. The van der Waals surface area contributed by atoms with E-state index >= 15 is 0 Å². The fraction of sp³-hybridized carbons (Fsp3) is 0.0769. The van der Waals surface area contributed by atoms with Gasteiger partial charge >= 0.3 is 5.63 Å². The van der Waals surface area contributed by atoms with Crippen molar-refractivity contribution in [3.63, 3.8) is 0 Å². The molecular weight excluding hydrogens is 454 g/mol. The lowest BCUT2D eigenvalue weighted by Gasteiger charge is -2.22. The first kappa shape index (κ1) is 20.4. The molecule has 1 fully saturated rings. The molecule has 7 nitrogen and oxygen atoms in total. The minimum absolute atomic E-state index is 0.282. The average molecular weight is 470 g/mol. The first-order valence-corrected chi connectivity index (χ1v) is 11.0. The van der Waals surface area contributed by atoms with E-state index in [1.165, 1.54) is 11.0 Å². The summed E-state index contributed by atoms with van der Waals surface area (Å²) in [4.78, 5) is 41.0. The maximum Gasteiger partial charge on any atom is 0.336 e. The summed E-state index contributed by atoms with van der Waals surface area (Å²) in [5.74, 6) is -1.72. The number of fused-ring (bicyclic) bond motifs is 2. The molecule has 0 spiro atoms.